The van der Waals surface area contributed by atoms with Crippen LogP contribution in [0.4, 0.5) is 5.69 Å². The minimum atomic E-state index is -0.248. The largest absolute Gasteiger partial charge is 0.305 e. The Morgan fingerprint density at radius 3 is 3.05 bits per heavy atom. The first-order chi connectivity index (χ1) is 10.7. The van der Waals surface area contributed by atoms with E-state index in [1.165, 1.54) is 6.20 Å². The fourth-order valence-corrected chi connectivity index (χ4v) is 4.08. The fraction of sp³-hybridized carbons (Fsp3) is 0.312. The van der Waals surface area contributed by atoms with Gasteiger partial charge in [0.05, 0.1) is 0 Å². The Hall–Kier alpha value is -2.08. The maximum atomic E-state index is 12.9. The highest BCUT2D eigenvalue weighted by Crippen LogP contribution is 2.32. The molecular weight excluding hydrogens is 298 g/mol. The summed E-state index contributed by atoms with van der Waals surface area (Å²) < 4.78 is 1.60. The van der Waals surface area contributed by atoms with Crippen LogP contribution in [0.2, 0.25) is 0 Å². The summed E-state index contributed by atoms with van der Waals surface area (Å²) in [5, 5.41) is 0.705. The molecular formula is C16H15N3O2S. The lowest BCUT2D eigenvalue weighted by Crippen LogP contribution is -2.40. The number of carbonyl (C=O) groups is 1. The van der Waals surface area contributed by atoms with Crippen molar-refractivity contribution in [3.8, 4) is 0 Å². The third-order valence-electron chi connectivity index (χ3n) is 4.21. The number of fused-ring (bicyclic) bond motifs is 2. The molecule has 5 nitrogen and oxygen atoms in total. The summed E-state index contributed by atoms with van der Waals surface area (Å²) >= 11 is 1.55. The van der Waals surface area contributed by atoms with E-state index in [0.717, 1.165) is 23.4 Å². The van der Waals surface area contributed by atoms with Gasteiger partial charge in [0.25, 0.3) is 11.5 Å². The van der Waals surface area contributed by atoms with Crippen molar-refractivity contribution in [1.29, 1.82) is 0 Å². The van der Waals surface area contributed by atoms with Crippen molar-refractivity contribution in [1.82, 2.24) is 9.55 Å². The van der Waals surface area contributed by atoms with Crippen molar-refractivity contribution in [2.45, 2.75) is 31.1 Å². The summed E-state index contributed by atoms with van der Waals surface area (Å²) in [6.07, 6.45) is 2.25. The van der Waals surface area contributed by atoms with Crippen LogP contribution in [0.25, 0.3) is 0 Å². The number of anilines is 1. The molecule has 1 amide bonds. The molecule has 0 N–H and O–H groups in total. The Bertz CT molecular complexity index is 830. The van der Waals surface area contributed by atoms with Crippen LogP contribution in [0, 0.1) is 0 Å². The highest BCUT2D eigenvalue weighted by Gasteiger charge is 2.33. The van der Waals surface area contributed by atoms with Gasteiger partial charge in [-0.1, -0.05) is 30.0 Å². The molecule has 0 aliphatic carbocycles. The van der Waals surface area contributed by atoms with Crippen LogP contribution >= 0.6 is 11.8 Å². The third kappa shape index (κ3) is 1.90. The van der Waals surface area contributed by atoms with Gasteiger partial charge in [-0.3, -0.25) is 14.2 Å². The number of rotatable bonds is 1. The summed E-state index contributed by atoms with van der Waals surface area (Å²) in [6, 6.07) is 7.91. The number of para-hydroxylation sites is 1. The maximum Gasteiger partial charge on any atom is 0.267 e. The van der Waals surface area contributed by atoms with Gasteiger partial charge in [0.1, 0.15) is 5.56 Å². The zero-order valence-corrected chi connectivity index (χ0v) is 13.0. The highest BCUT2D eigenvalue weighted by atomic mass is 32.2. The van der Waals surface area contributed by atoms with E-state index < -0.39 is 0 Å². The molecule has 0 radical (unpaired) electrons. The number of hydrogen-bond donors (Lipinski definition) is 0. The summed E-state index contributed by atoms with van der Waals surface area (Å²) in [6.45, 7) is 2.63. The topological polar surface area (TPSA) is 55.2 Å². The van der Waals surface area contributed by atoms with Gasteiger partial charge in [0, 0.05) is 30.2 Å². The van der Waals surface area contributed by atoms with Crippen molar-refractivity contribution in [3.63, 3.8) is 0 Å². The lowest BCUT2D eigenvalue weighted by Gasteiger charge is -2.22. The molecule has 22 heavy (non-hydrogen) atoms. The van der Waals surface area contributed by atoms with E-state index in [9.17, 15) is 9.59 Å². The van der Waals surface area contributed by atoms with Crippen LogP contribution in [-0.4, -0.2) is 27.3 Å². The van der Waals surface area contributed by atoms with Crippen molar-refractivity contribution >= 4 is 23.4 Å². The second kappa shape index (κ2) is 4.98. The first-order valence-corrected chi connectivity index (χ1v) is 8.29. The van der Waals surface area contributed by atoms with Crippen LogP contribution < -0.4 is 10.5 Å². The van der Waals surface area contributed by atoms with Gasteiger partial charge >= 0.3 is 0 Å². The van der Waals surface area contributed by atoms with Crippen LogP contribution in [0.5, 0.6) is 0 Å². The van der Waals surface area contributed by atoms with Crippen LogP contribution in [-0.2, 0) is 13.0 Å². The molecule has 3 heterocycles. The van der Waals surface area contributed by atoms with E-state index in [1.807, 2.05) is 31.2 Å². The molecule has 4 rings (SSSR count). The molecule has 112 valence electrons. The smallest absolute Gasteiger partial charge is 0.267 e. The highest BCUT2D eigenvalue weighted by molar-refractivity contribution is 7.99. The van der Waals surface area contributed by atoms with Crippen LogP contribution in [0.3, 0.4) is 0 Å². The molecule has 0 unspecified atom stereocenters. The maximum absolute atomic E-state index is 12.9. The van der Waals surface area contributed by atoms with Crippen molar-refractivity contribution in [2.75, 3.05) is 10.7 Å². The van der Waals surface area contributed by atoms with E-state index in [1.54, 1.807) is 21.2 Å². The predicted octanol–water partition coefficient (Wildman–Crippen LogP) is 1.94. The molecule has 0 spiro atoms. The fourth-order valence-electron chi connectivity index (χ4n) is 3.17. The van der Waals surface area contributed by atoms with E-state index >= 15 is 0 Å². The molecule has 1 aromatic heterocycles. The molecule has 0 saturated carbocycles. The molecule has 2 aliphatic heterocycles. The molecule has 1 aromatic carbocycles. The first-order valence-electron chi connectivity index (χ1n) is 7.31. The molecule has 6 heteroatoms. The summed E-state index contributed by atoms with van der Waals surface area (Å²) in [5.74, 6) is 0.588. The van der Waals surface area contributed by atoms with E-state index in [2.05, 4.69) is 4.98 Å². The lowest BCUT2D eigenvalue weighted by molar-refractivity contribution is 0.0978. The minimum absolute atomic E-state index is 0.0527. The Labute approximate surface area is 132 Å². The van der Waals surface area contributed by atoms with Crippen molar-refractivity contribution < 1.29 is 4.79 Å². The zero-order chi connectivity index (χ0) is 15.3. The third-order valence-corrected chi connectivity index (χ3v) is 5.18. The molecule has 2 aromatic rings. The van der Waals surface area contributed by atoms with Crippen LogP contribution in [0.15, 0.2) is 40.4 Å². The number of amides is 1. The van der Waals surface area contributed by atoms with Gasteiger partial charge in [-0.25, -0.2) is 4.98 Å². The van der Waals surface area contributed by atoms with E-state index in [-0.39, 0.29) is 23.1 Å². The van der Waals surface area contributed by atoms with Crippen LogP contribution in [0.1, 0.15) is 22.8 Å². The number of nitrogens with zero attached hydrogens (tertiary/aromatic N) is 3. The van der Waals surface area contributed by atoms with Gasteiger partial charge in [-0.05, 0) is 25.0 Å². The van der Waals surface area contributed by atoms with Crippen molar-refractivity contribution in [2.24, 2.45) is 0 Å². The number of thioether (sulfide) groups is 1. The molecule has 2 aliphatic rings. The number of benzene rings is 1. The molecule has 0 fully saturated rings. The Kier molecular flexibility index (Phi) is 3.07. The zero-order valence-electron chi connectivity index (χ0n) is 12.2. The van der Waals surface area contributed by atoms with Gasteiger partial charge in [-0.15, -0.1) is 0 Å². The van der Waals surface area contributed by atoms with Gasteiger partial charge in [0.2, 0.25) is 0 Å². The monoisotopic (exact) mass is 313 g/mol. The minimum Gasteiger partial charge on any atom is -0.305 e. The normalized spacial score (nSPS) is 19.1. The van der Waals surface area contributed by atoms with E-state index in [0.29, 0.717) is 11.7 Å². The van der Waals surface area contributed by atoms with Gasteiger partial charge in [0.15, 0.2) is 5.16 Å². The Morgan fingerprint density at radius 2 is 2.18 bits per heavy atom. The average molecular weight is 313 g/mol. The Balaban J connectivity index is 1.79. The number of aromatic nitrogens is 2. The SMILES string of the molecule is C[C@H]1Cc2ccccc2N1C(=O)c1cnc2n(c1=O)CCS2. The standard InChI is InChI=1S/C16H15N3O2S/c1-10-8-11-4-2-3-5-13(11)19(10)15(21)12-9-17-16-18(14(12)20)6-7-22-16/h2-5,9-10H,6-8H2,1H3/t10-/m0/s1. The quantitative estimate of drug-likeness (QED) is 0.755. The van der Waals surface area contributed by atoms with Gasteiger partial charge < -0.3 is 4.90 Å². The summed E-state index contributed by atoms with van der Waals surface area (Å²) in [7, 11) is 0. The van der Waals surface area contributed by atoms with Crippen molar-refractivity contribution in [3.05, 3.63) is 51.9 Å². The average Bonchev–Trinajstić information content (AvgIpc) is 3.10. The second-order valence-electron chi connectivity index (χ2n) is 5.62. The van der Waals surface area contributed by atoms with Gasteiger partial charge in [-0.2, -0.15) is 0 Å². The molecule has 1 atom stereocenters. The molecule has 0 saturated heterocycles. The Morgan fingerprint density at radius 1 is 1.36 bits per heavy atom. The van der Waals surface area contributed by atoms with E-state index in [4.69, 9.17) is 0 Å². The summed E-state index contributed by atoms with van der Waals surface area (Å²) in [4.78, 5) is 31.4. The second-order valence-corrected chi connectivity index (χ2v) is 6.68. The molecule has 0 bridgehead atoms. The predicted molar refractivity (Wildman–Crippen MR) is 85.6 cm³/mol. The first kappa shape index (κ1) is 13.6. The number of hydrogen-bond acceptors (Lipinski definition) is 4. The lowest BCUT2D eigenvalue weighted by atomic mass is 10.1. The number of carbonyl (C=O) groups excluding carboxylic acids is 1. The summed E-state index contributed by atoms with van der Waals surface area (Å²) in [5.41, 5.74) is 1.98.